The molecule has 0 aromatic carbocycles. The van der Waals surface area contributed by atoms with Crippen molar-refractivity contribution in [3.63, 3.8) is 0 Å². The van der Waals surface area contributed by atoms with Crippen LogP contribution in [0.3, 0.4) is 0 Å². The Morgan fingerprint density at radius 3 is 2.28 bits per heavy atom. The summed E-state index contributed by atoms with van der Waals surface area (Å²) in [5, 5.41) is 42.8. The van der Waals surface area contributed by atoms with E-state index in [2.05, 4.69) is 54.5 Å². The Hall–Kier alpha value is -1.36. The summed E-state index contributed by atoms with van der Waals surface area (Å²) in [6, 6.07) is 0. The Morgan fingerprint density at radius 1 is 0.935 bits per heavy atom. The summed E-state index contributed by atoms with van der Waals surface area (Å²) in [7, 11) is 1.17. The number of allylic oxidation sites excluding steroid dienone is 2. The highest BCUT2D eigenvalue weighted by Crippen LogP contribution is 2.75. The van der Waals surface area contributed by atoms with Crippen molar-refractivity contribution in [2.24, 2.45) is 50.2 Å². The molecule has 4 N–H and O–H groups in total. The first-order valence-electron chi connectivity index (χ1n) is 17.6. The maximum Gasteiger partial charge on any atom is 0.337 e. The molecule has 9 heteroatoms. The van der Waals surface area contributed by atoms with Crippen molar-refractivity contribution >= 4 is 11.8 Å². The van der Waals surface area contributed by atoms with Gasteiger partial charge in [0.05, 0.1) is 19.8 Å². The number of carbonyl (C=O) groups is 2. The minimum Gasteiger partial charge on any atom is -0.467 e. The first kappa shape index (κ1) is 34.5. The standard InChI is InChI=1S/C37H58O9/c1-32(2)17-21-20-9-10-23-34(4)13-12-25(45-31-28(42)26(40)27(41)29(46-31)30(43)44-8)35(5,19-38)22(34)11-14-37(23,7)36(20,6)16-15-33(21,3)24(39)18-32/h9,21-23,25-29,31,38,40-42H,10-19H2,1-8H3/t21-,22+,23+,25-,26-,27-,28+,29-,31+,33+,34-,35+,36+,37+/m0/s1. The average molecular weight is 647 g/mol. The van der Waals surface area contributed by atoms with Crippen molar-refractivity contribution in [3.05, 3.63) is 11.6 Å². The van der Waals surface area contributed by atoms with Crippen molar-refractivity contribution in [1.29, 1.82) is 0 Å². The number of methoxy groups -OCH3 is 1. The second kappa shape index (κ2) is 11.1. The van der Waals surface area contributed by atoms with Gasteiger partial charge in [0, 0.05) is 17.3 Å². The first-order valence-corrected chi connectivity index (χ1v) is 17.6. The van der Waals surface area contributed by atoms with Gasteiger partial charge in [-0.15, -0.1) is 0 Å². The molecule has 6 rings (SSSR count). The number of rotatable bonds is 4. The van der Waals surface area contributed by atoms with Gasteiger partial charge in [-0.25, -0.2) is 4.79 Å². The Labute approximate surface area is 274 Å². The molecule has 5 aliphatic carbocycles. The highest BCUT2D eigenvalue weighted by Gasteiger charge is 2.69. The SMILES string of the molecule is COC(=O)[C@H]1O[C@@H](O[C@H]2CC[C@@]3(C)[C@@H](CC[C@]4(C)[C@@H]3CC=C3[C@@H]5CC(C)(C)CC(=O)[C@]5(C)CC[C@]34C)[C@@]2(C)CO)[C@H](O)[C@@H](O)[C@@H]1O. The molecule has 5 fully saturated rings. The molecule has 0 aromatic heterocycles. The van der Waals surface area contributed by atoms with E-state index < -0.39 is 48.2 Å². The molecule has 260 valence electrons. The maximum atomic E-state index is 13.6. The first-order chi connectivity index (χ1) is 21.3. The third-order valence-electron chi connectivity index (χ3n) is 15.2. The minimum absolute atomic E-state index is 0.00366. The van der Waals surface area contributed by atoms with Crippen LogP contribution in [0.25, 0.3) is 0 Å². The number of hydrogen-bond acceptors (Lipinski definition) is 9. The number of fused-ring (bicyclic) bond motifs is 7. The van der Waals surface area contributed by atoms with Crippen molar-refractivity contribution in [2.75, 3.05) is 13.7 Å². The molecule has 0 bridgehead atoms. The molecule has 1 aliphatic heterocycles. The van der Waals surface area contributed by atoms with Crippen molar-refractivity contribution in [2.45, 2.75) is 143 Å². The summed E-state index contributed by atoms with van der Waals surface area (Å²) < 4.78 is 16.9. The summed E-state index contributed by atoms with van der Waals surface area (Å²) in [5.74, 6) is 0.360. The van der Waals surface area contributed by atoms with Crippen molar-refractivity contribution < 1.29 is 44.2 Å². The lowest BCUT2D eigenvalue weighted by molar-refractivity contribution is -0.327. The van der Waals surface area contributed by atoms with Crippen LogP contribution in [0.1, 0.15) is 106 Å². The van der Waals surface area contributed by atoms with Crippen LogP contribution in [0.4, 0.5) is 0 Å². The quantitative estimate of drug-likeness (QED) is 0.200. The lowest BCUT2D eigenvalue weighted by Gasteiger charge is -2.71. The largest absolute Gasteiger partial charge is 0.467 e. The second-order valence-corrected chi connectivity index (χ2v) is 18.0. The molecule has 6 aliphatic rings. The Morgan fingerprint density at radius 2 is 1.63 bits per heavy atom. The third kappa shape index (κ3) is 4.61. The van der Waals surface area contributed by atoms with E-state index in [-0.39, 0.29) is 45.5 Å². The van der Waals surface area contributed by atoms with Gasteiger partial charge < -0.3 is 34.6 Å². The van der Waals surface area contributed by atoms with Gasteiger partial charge in [0.25, 0.3) is 0 Å². The fraction of sp³-hybridized carbons (Fsp3) is 0.892. The van der Waals surface area contributed by atoms with Gasteiger partial charge in [0.2, 0.25) is 0 Å². The fourth-order valence-corrected chi connectivity index (χ4v) is 12.1. The Bertz CT molecular complexity index is 1280. The molecule has 0 unspecified atom stereocenters. The van der Waals surface area contributed by atoms with Gasteiger partial charge in [-0.05, 0) is 90.8 Å². The molecule has 1 saturated heterocycles. The van der Waals surface area contributed by atoms with Gasteiger partial charge in [-0.2, -0.15) is 0 Å². The van der Waals surface area contributed by atoms with E-state index in [0.717, 1.165) is 44.9 Å². The van der Waals surface area contributed by atoms with Crippen LogP contribution >= 0.6 is 0 Å². The molecule has 0 radical (unpaired) electrons. The third-order valence-corrected chi connectivity index (χ3v) is 15.2. The molecule has 1 heterocycles. The smallest absolute Gasteiger partial charge is 0.337 e. The number of aliphatic hydroxyl groups excluding tert-OH is 4. The minimum atomic E-state index is -1.65. The highest BCUT2D eigenvalue weighted by molar-refractivity contribution is 5.87. The molecule has 4 saturated carbocycles. The molecule has 0 spiro atoms. The Kier molecular flexibility index (Phi) is 8.31. The molecule has 14 atom stereocenters. The molecule has 46 heavy (non-hydrogen) atoms. The van der Waals surface area contributed by atoms with Crippen LogP contribution in [-0.2, 0) is 23.8 Å². The monoisotopic (exact) mass is 646 g/mol. The maximum absolute atomic E-state index is 13.6. The molecular formula is C37H58O9. The summed E-state index contributed by atoms with van der Waals surface area (Å²) in [5.41, 5.74) is 0.513. The number of ketones is 1. The zero-order valence-corrected chi connectivity index (χ0v) is 29.2. The average Bonchev–Trinajstić information content (AvgIpc) is 2.99. The molecule has 9 nitrogen and oxygen atoms in total. The summed E-state index contributed by atoms with van der Waals surface area (Å²) in [6.07, 6.45) is 2.30. The van der Waals surface area contributed by atoms with Crippen LogP contribution in [0.2, 0.25) is 0 Å². The van der Waals surface area contributed by atoms with Crippen LogP contribution < -0.4 is 0 Å². The van der Waals surface area contributed by atoms with E-state index in [1.807, 2.05) is 0 Å². The highest BCUT2D eigenvalue weighted by atomic mass is 16.7. The van der Waals surface area contributed by atoms with E-state index >= 15 is 0 Å². The molecule has 0 amide bonds. The fourth-order valence-electron chi connectivity index (χ4n) is 12.1. The van der Waals surface area contributed by atoms with Crippen molar-refractivity contribution in [1.82, 2.24) is 0 Å². The van der Waals surface area contributed by atoms with Gasteiger partial charge in [0.1, 0.15) is 24.1 Å². The van der Waals surface area contributed by atoms with E-state index in [1.165, 1.54) is 12.7 Å². The van der Waals surface area contributed by atoms with E-state index in [0.29, 0.717) is 24.5 Å². The predicted octanol–water partition coefficient (Wildman–Crippen LogP) is 4.33. The van der Waals surface area contributed by atoms with Crippen LogP contribution in [0, 0.1) is 50.2 Å². The van der Waals surface area contributed by atoms with Crippen molar-refractivity contribution in [3.8, 4) is 0 Å². The topological polar surface area (TPSA) is 143 Å². The summed E-state index contributed by atoms with van der Waals surface area (Å²) in [6.45, 7) is 16.1. The number of Topliss-reactive ketones (excluding diaryl/α,β-unsaturated/α-hetero) is 1. The summed E-state index contributed by atoms with van der Waals surface area (Å²) >= 11 is 0. The summed E-state index contributed by atoms with van der Waals surface area (Å²) in [4.78, 5) is 25.9. The van der Waals surface area contributed by atoms with Gasteiger partial charge in [0.15, 0.2) is 12.4 Å². The number of esters is 1. The van der Waals surface area contributed by atoms with Crippen LogP contribution in [-0.4, -0.2) is 82.7 Å². The van der Waals surface area contributed by atoms with Gasteiger partial charge >= 0.3 is 5.97 Å². The van der Waals surface area contributed by atoms with E-state index in [1.54, 1.807) is 0 Å². The number of carbonyl (C=O) groups excluding carboxylic acids is 2. The molecule has 0 aromatic rings. The number of aliphatic hydroxyl groups is 4. The van der Waals surface area contributed by atoms with E-state index in [9.17, 15) is 30.0 Å². The van der Waals surface area contributed by atoms with E-state index in [4.69, 9.17) is 14.2 Å². The lowest BCUT2D eigenvalue weighted by Crippen LogP contribution is -2.67. The van der Waals surface area contributed by atoms with Crippen LogP contribution in [0.5, 0.6) is 0 Å². The Balaban J connectivity index is 1.30. The van der Waals surface area contributed by atoms with Gasteiger partial charge in [-0.3, -0.25) is 4.79 Å². The van der Waals surface area contributed by atoms with Gasteiger partial charge in [-0.1, -0.05) is 60.1 Å². The zero-order chi connectivity index (χ0) is 33.8. The second-order valence-electron chi connectivity index (χ2n) is 18.0. The lowest BCUT2D eigenvalue weighted by atomic mass is 9.33. The number of hydrogen-bond donors (Lipinski definition) is 4. The van der Waals surface area contributed by atoms with Crippen LogP contribution in [0.15, 0.2) is 11.6 Å². The predicted molar refractivity (Wildman–Crippen MR) is 170 cm³/mol. The number of ether oxygens (including phenoxy) is 3. The molecular weight excluding hydrogens is 588 g/mol. The zero-order valence-electron chi connectivity index (χ0n) is 29.2. The normalized spacial score (nSPS) is 53.2.